The third-order valence-electron chi connectivity index (χ3n) is 4.24. The molecule has 1 aromatic rings. The largest absolute Gasteiger partial charge is 0.481 e. The van der Waals surface area contributed by atoms with Crippen LogP contribution in [0, 0.1) is 5.92 Å². The smallest absolute Gasteiger partial charge is 0.308 e. The highest BCUT2D eigenvalue weighted by molar-refractivity contribution is 7.89. The van der Waals surface area contributed by atoms with E-state index in [0.29, 0.717) is 12.8 Å². The number of nitrogens with one attached hydrogen (secondary N) is 2. The van der Waals surface area contributed by atoms with Gasteiger partial charge in [0.1, 0.15) is 0 Å². The highest BCUT2D eigenvalue weighted by Gasteiger charge is 2.31. The molecule has 0 aromatic carbocycles. The molecule has 1 aliphatic carbocycles. The zero-order valence-corrected chi connectivity index (χ0v) is 14.3. The van der Waals surface area contributed by atoms with Gasteiger partial charge in [-0.2, -0.15) is 0 Å². The van der Waals surface area contributed by atoms with Gasteiger partial charge in [-0.15, -0.1) is 0 Å². The highest BCUT2D eigenvalue weighted by atomic mass is 32.2. The average molecular weight is 358 g/mol. The molecule has 1 saturated carbocycles. The molecule has 1 fully saturated rings. The highest BCUT2D eigenvalue weighted by Crippen LogP contribution is 2.24. The Morgan fingerprint density at radius 2 is 1.83 bits per heavy atom. The summed E-state index contributed by atoms with van der Waals surface area (Å²) in [5.41, 5.74) is 0. The molecule has 2 atom stereocenters. The van der Waals surface area contributed by atoms with Crippen LogP contribution in [-0.4, -0.2) is 38.5 Å². The number of carboxylic acids is 1. The third-order valence-corrected chi connectivity index (χ3v) is 5.52. The number of hydrogen-bond acceptors (Lipinski definition) is 5. The normalized spacial score (nSPS) is 22.4. The van der Waals surface area contributed by atoms with Gasteiger partial charge in [0.25, 0.3) is 15.9 Å². The molecule has 0 spiro atoms. The number of hydrogen-bond donors (Lipinski definition) is 3. The molecule has 3 N–H and O–H groups in total. The Kier molecular flexibility index (Phi) is 6.00. The van der Waals surface area contributed by atoms with E-state index < -0.39 is 33.9 Å². The second-order valence-corrected chi connectivity index (χ2v) is 7.66. The summed E-state index contributed by atoms with van der Waals surface area (Å²) >= 11 is 0. The third kappa shape index (κ3) is 4.35. The van der Waals surface area contributed by atoms with Gasteiger partial charge in [-0.3, -0.25) is 9.59 Å². The SMILES string of the molecule is CNS(=O)(=O)c1ccc(C(=O)NC2CCCCCCC2C(=O)O)o1. The minimum atomic E-state index is -3.77. The van der Waals surface area contributed by atoms with Gasteiger partial charge in [-0.25, -0.2) is 13.1 Å². The molecule has 1 heterocycles. The van der Waals surface area contributed by atoms with Crippen molar-refractivity contribution in [3.63, 3.8) is 0 Å². The number of carboxylic acid groups (broad SMARTS) is 1. The van der Waals surface area contributed by atoms with E-state index in [-0.39, 0.29) is 10.9 Å². The van der Waals surface area contributed by atoms with E-state index in [9.17, 15) is 23.1 Å². The lowest BCUT2D eigenvalue weighted by Crippen LogP contribution is -2.43. The van der Waals surface area contributed by atoms with Crippen LogP contribution >= 0.6 is 0 Å². The van der Waals surface area contributed by atoms with Crippen molar-refractivity contribution in [1.82, 2.24) is 10.0 Å². The topological polar surface area (TPSA) is 126 Å². The molecule has 9 heteroatoms. The van der Waals surface area contributed by atoms with Crippen molar-refractivity contribution in [3.05, 3.63) is 17.9 Å². The minimum Gasteiger partial charge on any atom is -0.481 e. The summed E-state index contributed by atoms with van der Waals surface area (Å²) in [6.45, 7) is 0. The summed E-state index contributed by atoms with van der Waals surface area (Å²) < 4.78 is 30.5. The van der Waals surface area contributed by atoms with Crippen molar-refractivity contribution in [1.29, 1.82) is 0 Å². The van der Waals surface area contributed by atoms with Crippen LogP contribution in [0.25, 0.3) is 0 Å². The lowest BCUT2D eigenvalue weighted by molar-refractivity contribution is -0.143. The number of amides is 1. The summed E-state index contributed by atoms with van der Waals surface area (Å²) in [6.07, 6.45) is 4.74. The molecule has 0 aliphatic heterocycles. The number of aliphatic carboxylic acids is 1. The van der Waals surface area contributed by atoms with Gasteiger partial charge in [0.2, 0.25) is 5.09 Å². The standard InChI is InChI=1S/C15H22N2O6S/c1-16-24(21,22)13-9-8-12(23-13)14(18)17-11-7-5-3-2-4-6-10(11)15(19)20/h8-11,16H,2-7H2,1H3,(H,17,18)(H,19,20). The quantitative estimate of drug-likeness (QED) is 0.729. The summed E-state index contributed by atoms with van der Waals surface area (Å²) in [5.74, 6) is -2.34. The molecule has 0 bridgehead atoms. The van der Waals surface area contributed by atoms with Gasteiger partial charge in [-0.05, 0) is 32.0 Å². The van der Waals surface area contributed by atoms with E-state index in [1.54, 1.807) is 0 Å². The second kappa shape index (κ2) is 7.80. The molecule has 2 unspecified atom stereocenters. The Bertz CT molecular complexity index is 697. The van der Waals surface area contributed by atoms with Crippen LogP contribution in [0.3, 0.4) is 0 Å². The molecule has 0 saturated heterocycles. The van der Waals surface area contributed by atoms with E-state index in [1.165, 1.54) is 19.2 Å². The minimum absolute atomic E-state index is 0.157. The van der Waals surface area contributed by atoms with Crippen molar-refractivity contribution >= 4 is 21.9 Å². The van der Waals surface area contributed by atoms with Crippen molar-refractivity contribution in [2.24, 2.45) is 5.92 Å². The van der Waals surface area contributed by atoms with Crippen LogP contribution in [0.1, 0.15) is 49.1 Å². The Balaban J connectivity index is 2.13. The van der Waals surface area contributed by atoms with E-state index in [4.69, 9.17) is 4.42 Å². The fourth-order valence-corrected chi connectivity index (χ4v) is 3.53. The van der Waals surface area contributed by atoms with Gasteiger partial charge in [0.15, 0.2) is 5.76 Å². The molecule has 8 nitrogen and oxygen atoms in total. The maximum absolute atomic E-state index is 12.3. The maximum atomic E-state index is 12.3. The number of carbonyl (C=O) groups is 2. The predicted octanol–water partition coefficient (Wildman–Crippen LogP) is 1.34. The van der Waals surface area contributed by atoms with E-state index in [0.717, 1.165) is 25.7 Å². The van der Waals surface area contributed by atoms with Crippen LogP contribution in [-0.2, 0) is 14.8 Å². The Labute approximate surface area is 140 Å². The average Bonchev–Trinajstić information content (AvgIpc) is 3.00. The van der Waals surface area contributed by atoms with Crippen molar-refractivity contribution in [3.8, 4) is 0 Å². The predicted molar refractivity (Wildman–Crippen MR) is 85.0 cm³/mol. The van der Waals surface area contributed by atoms with Gasteiger partial charge in [0.05, 0.1) is 5.92 Å². The van der Waals surface area contributed by atoms with Crippen LogP contribution in [0.5, 0.6) is 0 Å². The molecule has 134 valence electrons. The number of furan rings is 1. The molecular formula is C15H22N2O6S. The lowest BCUT2D eigenvalue weighted by atomic mass is 9.86. The van der Waals surface area contributed by atoms with Gasteiger partial charge < -0.3 is 14.8 Å². The Hall–Kier alpha value is -1.87. The molecule has 1 aliphatic rings. The van der Waals surface area contributed by atoms with Crippen molar-refractivity contribution in [2.75, 3.05) is 7.05 Å². The first kappa shape index (κ1) is 18.5. The maximum Gasteiger partial charge on any atom is 0.308 e. The molecule has 1 amide bonds. The van der Waals surface area contributed by atoms with Gasteiger partial charge in [0, 0.05) is 6.04 Å². The van der Waals surface area contributed by atoms with Crippen molar-refractivity contribution in [2.45, 2.75) is 49.7 Å². The second-order valence-electron chi connectivity index (χ2n) is 5.84. The zero-order valence-electron chi connectivity index (χ0n) is 13.4. The number of carbonyl (C=O) groups excluding carboxylic acids is 1. The summed E-state index contributed by atoms with van der Waals surface area (Å²) in [5, 5.41) is 11.7. The number of sulfonamides is 1. The van der Waals surface area contributed by atoms with Gasteiger partial charge in [-0.1, -0.05) is 25.7 Å². The first-order valence-corrected chi connectivity index (χ1v) is 9.40. The summed E-state index contributed by atoms with van der Waals surface area (Å²) in [4.78, 5) is 23.8. The van der Waals surface area contributed by atoms with Crippen LogP contribution < -0.4 is 10.0 Å². The molecular weight excluding hydrogens is 336 g/mol. The summed E-state index contributed by atoms with van der Waals surface area (Å²) in [6, 6.07) is 1.95. The Morgan fingerprint density at radius 3 is 2.46 bits per heavy atom. The lowest BCUT2D eigenvalue weighted by Gasteiger charge is -2.26. The first-order valence-electron chi connectivity index (χ1n) is 7.92. The first-order chi connectivity index (χ1) is 11.3. The molecule has 1 aromatic heterocycles. The van der Waals surface area contributed by atoms with Crippen LogP contribution in [0.2, 0.25) is 0 Å². The fraction of sp³-hybridized carbons (Fsp3) is 0.600. The van der Waals surface area contributed by atoms with E-state index >= 15 is 0 Å². The summed E-state index contributed by atoms with van der Waals surface area (Å²) in [7, 11) is -2.53. The molecule has 0 radical (unpaired) electrons. The van der Waals surface area contributed by atoms with E-state index in [2.05, 4.69) is 10.0 Å². The molecule has 2 rings (SSSR count). The van der Waals surface area contributed by atoms with Crippen LogP contribution in [0.15, 0.2) is 21.6 Å². The van der Waals surface area contributed by atoms with E-state index in [1.807, 2.05) is 0 Å². The number of rotatable bonds is 5. The zero-order chi connectivity index (χ0) is 17.7. The fourth-order valence-electron chi connectivity index (χ4n) is 2.88. The molecule has 24 heavy (non-hydrogen) atoms. The van der Waals surface area contributed by atoms with Crippen LogP contribution in [0.4, 0.5) is 0 Å². The van der Waals surface area contributed by atoms with Crippen molar-refractivity contribution < 1.29 is 27.5 Å². The monoisotopic (exact) mass is 358 g/mol. The van der Waals surface area contributed by atoms with Gasteiger partial charge >= 0.3 is 5.97 Å². The Morgan fingerprint density at radius 1 is 1.17 bits per heavy atom.